The van der Waals surface area contributed by atoms with Crippen molar-refractivity contribution in [2.45, 2.75) is 31.9 Å². The third-order valence-corrected chi connectivity index (χ3v) is 3.52. The molecule has 3 nitrogen and oxygen atoms in total. The van der Waals surface area contributed by atoms with Gasteiger partial charge in [0.05, 0.1) is 12.7 Å². The maximum absolute atomic E-state index is 13.1. The van der Waals surface area contributed by atoms with Crippen molar-refractivity contribution in [3.05, 3.63) is 35.1 Å². The van der Waals surface area contributed by atoms with Crippen LogP contribution in [0.25, 0.3) is 0 Å². The van der Waals surface area contributed by atoms with Gasteiger partial charge in [0, 0.05) is 19.3 Å². The van der Waals surface area contributed by atoms with Gasteiger partial charge >= 0.3 is 0 Å². The first-order valence-electron chi connectivity index (χ1n) is 7.15. The molecule has 0 spiro atoms. The fraction of sp³-hybridized carbons (Fsp3) is 0.600. The molecule has 1 fully saturated rings. The SMILES string of the molecule is C[C@@H](NCCCO[C@H]1CCOC1)c1cc(F)c(F)c(F)c1. The number of halogens is 3. The second-order valence-corrected chi connectivity index (χ2v) is 5.18. The van der Waals surface area contributed by atoms with Crippen molar-refractivity contribution in [1.82, 2.24) is 5.32 Å². The van der Waals surface area contributed by atoms with E-state index in [4.69, 9.17) is 9.47 Å². The molecule has 1 N–H and O–H groups in total. The third-order valence-electron chi connectivity index (χ3n) is 3.52. The van der Waals surface area contributed by atoms with E-state index >= 15 is 0 Å². The van der Waals surface area contributed by atoms with Crippen molar-refractivity contribution >= 4 is 0 Å². The standard InChI is InChI=1S/C15H20F3NO2/c1-10(11-7-13(16)15(18)14(17)8-11)19-4-2-5-21-12-3-6-20-9-12/h7-8,10,12,19H,2-6,9H2,1H3/t10-,12+/m1/s1. The van der Waals surface area contributed by atoms with Crippen molar-refractivity contribution in [3.8, 4) is 0 Å². The number of rotatable bonds is 7. The summed E-state index contributed by atoms with van der Waals surface area (Å²) in [4.78, 5) is 0. The fourth-order valence-electron chi connectivity index (χ4n) is 2.23. The molecule has 0 aliphatic carbocycles. The summed E-state index contributed by atoms with van der Waals surface area (Å²) in [5.41, 5.74) is 0.386. The van der Waals surface area contributed by atoms with Gasteiger partial charge in [-0.05, 0) is 44.0 Å². The molecule has 0 saturated carbocycles. The Labute approximate surface area is 122 Å². The number of ether oxygens (including phenoxy) is 2. The molecule has 1 aliphatic heterocycles. The average Bonchev–Trinajstić information content (AvgIpc) is 2.96. The van der Waals surface area contributed by atoms with Gasteiger partial charge in [-0.15, -0.1) is 0 Å². The molecule has 1 aliphatic rings. The van der Waals surface area contributed by atoms with E-state index in [9.17, 15) is 13.2 Å². The lowest BCUT2D eigenvalue weighted by Crippen LogP contribution is -2.22. The molecule has 21 heavy (non-hydrogen) atoms. The summed E-state index contributed by atoms with van der Waals surface area (Å²) >= 11 is 0. The molecule has 0 bridgehead atoms. The van der Waals surface area contributed by atoms with E-state index < -0.39 is 17.5 Å². The summed E-state index contributed by atoms with van der Waals surface area (Å²) in [6.07, 6.45) is 1.90. The molecule has 1 saturated heterocycles. The molecule has 1 heterocycles. The molecule has 6 heteroatoms. The highest BCUT2D eigenvalue weighted by Crippen LogP contribution is 2.19. The Kier molecular flexibility index (Phi) is 6.02. The molecule has 118 valence electrons. The molecular formula is C15H20F3NO2. The summed E-state index contributed by atoms with van der Waals surface area (Å²) in [6, 6.07) is 1.77. The normalized spacial score (nSPS) is 19.9. The minimum absolute atomic E-state index is 0.183. The van der Waals surface area contributed by atoms with Gasteiger partial charge < -0.3 is 14.8 Å². The van der Waals surface area contributed by atoms with Gasteiger partial charge in [0.2, 0.25) is 0 Å². The highest BCUT2D eigenvalue weighted by atomic mass is 19.2. The van der Waals surface area contributed by atoms with E-state index in [-0.39, 0.29) is 12.1 Å². The van der Waals surface area contributed by atoms with Crippen LogP contribution in [0, 0.1) is 17.5 Å². The molecule has 0 aromatic heterocycles. The van der Waals surface area contributed by atoms with Crippen molar-refractivity contribution in [3.63, 3.8) is 0 Å². The van der Waals surface area contributed by atoms with Crippen LogP contribution in [-0.2, 0) is 9.47 Å². The quantitative estimate of drug-likeness (QED) is 0.620. The Morgan fingerprint density at radius 3 is 2.67 bits per heavy atom. The second-order valence-electron chi connectivity index (χ2n) is 5.18. The van der Waals surface area contributed by atoms with Crippen LogP contribution in [0.5, 0.6) is 0 Å². The zero-order chi connectivity index (χ0) is 15.2. The smallest absolute Gasteiger partial charge is 0.194 e. The highest BCUT2D eigenvalue weighted by molar-refractivity contribution is 5.22. The van der Waals surface area contributed by atoms with Crippen LogP contribution in [0.15, 0.2) is 12.1 Å². The van der Waals surface area contributed by atoms with Gasteiger partial charge in [-0.1, -0.05) is 0 Å². The van der Waals surface area contributed by atoms with Gasteiger partial charge in [0.15, 0.2) is 17.5 Å². The summed E-state index contributed by atoms with van der Waals surface area (Å²) in [6.45, 7) is 4.44. The summed E-state index contributed by atoms with van der Waals surface area (Å²) in [7, 11) is 0. The molecule has 0 unspecified atom stereocenters. The minimum atomic E-state index is -1.43. The van der Waals surface area contributed by atoms with Gasteiger partial charge in [0.25, 0.3) is 0 Å². The Bertz CT molecular complexity index is 441. The number of nitrogens with one attached hydrogen (secondary N) is 1. The Hall–Kier alpha value is -1.11. The van der Waals surface area contributed by atoms with Gasteiger partial charge in [-0.2, -0.15) is 0 Å². The summed E-state index contributed by atoms with van der Waals surface area (Å²) in [5, 5.41) is 3.13. The molecule has 2 rings (SSSR count). The van der Waals surface area contributed by atoms with Crippen molar-refractivity contribution in [1.29, 1.82) is 0 Å². The monoisotopic (exact) mass is 303 g/mol. The average molecular weight is 303 g/mol. The van der Waals surface area contributed by atoms with Crippen molar-refractivity contribution in [2.24, 2.45) is 0 Å². The first-order valence-corrected chi connectivity index (χ1v) is 7.15. The lowest BCUT2D eigenvalue weighted by atomic mass is 10.1. The highest BCUT2D eigenvalue weighted by Gasteiger charge is 2.16. The van der Waals surface area contributed by atoms with E-state index in [0.29, 0.717) is 25.3 Å². The number of benzene rings is 1. The van der Waals surface area contributed by atoms with Crippen LogP contribution >= 0.6 is 0 Å². The van der Waals surface area contributed by atoms with Crippen LogP contribution in [0.4, 0.5) is 13.2 Å². The topological polar surface area (TPSA) is 30.5 Å². The molecule has 0 radical (unpaired) electrons. The van der Waals surface area contributed by atoms with Crippen LogP contribution in [0.3, 0.4) is 0 Å². The number of hydrogen-bond acceptors (Lipinski definition) is 3. The molecule has 1 aromatic rings. The molecule has 1 aromatic carbocycles. The first kappa shape index (κ1) is 16.3. The predicted octanol–water partition coefficient (Wildman–Crippen LogP) is 2.95. The van der Waals surface area contributed by atoms with E-state index in [0.717, 1.165) is 31.6 Å². The molecule has 0 amide bonds. The predicted molar refractivity (Wildman–Crippen MR) is 72.5 cm³/mol. The van der Waals surface area contributed by atoms with Crippen molar-refractivity contribution in [2.75, 3.05) is 26.4 Å². The van der Waals surface area contributed by atoms with Crippen LogP contribution in [0.2, 0.25) is 0 Å². The lowest BCUT2D eigenvalue weighted by Gasteiger charge is -2.15. The molecular weight excluding hydrogens is 283 g/mol. The van der Waals surface area contributed by atoms with E-state index in [2.05, 4.69) is 5.32 Å². The van der Waals surface area contributed by atoms with Gasteiger partial charge in [0.1, 0.15) is 0 Å². The Morgan fingerprint density at radius 2 is 2.05 bits per heavy atom. The largest absolute Gasteiger partial charge is 0.379 e. The zero-order valence-corrected chi connectivity index (χ0v) is 12.0. The minimum Gasteiger partial charge on any atom is -0.379 e. The van der Waals surface area contributed by atoms with Crippen LogP contribution < -0.4 is 5.32 Å². The fourth-order valence-corrected chi connectivity index (χ4v) is 2.23. The second kappa shape index (κ2) is 7.77. The van der Waals surface area contributed by atoms with Crippen LogP contribution in [0.1, 0.15) is 31.4 Å². The van der Waals surface area contributed by atoms with Crippen LogP contribution in [-0.4, -0.2) is 32.5 Å². The third kappa shape index (κ3) is 4.69. The lowest BCUT2D eigenvalue weighted by molar-refractivity contribution is 0.0414. The van der Waals surface area contributed by atoms with E-state index in [1.54, 1.807) is 6.92 Å². The zero-order valence-electron chi connectivity index (χ0n) is 12.0. The van der Waals surface area contributed by atoms with Crippen molar-refractivity contribution < 1.29 is 22.6 Å². The molecule has 2 atom stereocenters. The summed E-state index contributed by atoms with van der Waals surface area (Å²) in [5.74, 6) is -3.76. The maximum Gasteiger partial charge on any atom is 0.194 e. The number of hydrogen-bond donors (Lipinski definition) is 1. The maximum atomic E-state index is 13.1. The van der Waals surface area contributed by atoms with E-state index in [1.807, 2.05) is 0 Å². The van der Waals surface area contributed by atoms with Gasteiger partial charge in [-0.3, -0.25) is 0 Å². The first-order chi connectivity index (χ1) is 10.1. The Morgan fingerprint density at radius 1 is 1.33 bits per heavy atom. The van der Waals surface area contributed by atoms with Gasteiger partial charge in [-0.25, -0.2) is 13.2 Å². The van der Waals surface area contributed by atoms with E-state index in [1.165, 1.54) is 0 Å². The Balaban J connectivity index is 1.70. The summed E-state index contributed by atoms with van der Waals surface area (Å²) < 4.78 is 50.0.